The van der Waals surface area contributed by atoms with Gasteiger partial charge in [-0.2, -0.15) is 0 Å². The number of nitrogens with zero attached hydrogens (tertiary/aromatic N) is 2. The average Bonchev–Trinajstić information content (AvgIpc) is 2.38. The van der Waals surface area contributed by atoms with Gasteiger partial charge < -0.3 is 15.2 Å². The molecule has 19 heavy (non-hydrogen) atoms. The summed E-state index contributed by atoms with van der Waals surface area (Å²) in [6, 6.07) is 5.64. The van der Waals surface area contributed by atoms with Crippen LogP contribution in [0.5, 0.6) is 0 Å². The molecule has 1 aliphatic rings. The molecule has 0 saturated carbocycles. The molecule has 1 atom stereocenters. The highest BCUT2D eigenvalue weighted by Gasteiger charge is 2.19. The molecular formula is C13H15ClN4O. The Bertz CT molecular complexity index is 669. The second-order valence-corrected chi connectivity index (χ2v) is 5.29. The number of anilines is 1. The highest BCUT2D eigenvalue weighted by Crippen LogP contribution is 2.17. The lowest BCUT2D eigenvalue weighted by Gasteiger charge is -2.32. The fraction of sp³-hybridized carbons (Fsp3) is 0.385. The van der Waals surface area contributed by atoms with Crippen LogP contribution in [0.15, 0.2) is 23.0 Å². The van der Waals surface area contributed by atoms with Crippen LogP contribution in [0.2, 0.25) is 5.02 Å². The zero-order valence-electron chi connectivity index (χ0n) is 10.6. The van der Waals surface area contributed by atoms with E-state index in [1.807, 2.05) is 4.90 Å². The molecule has 0 radical (unpaired) electrons. The van der Waals surface area contributed by atoms with Crippen LogP contribution < -0.4 is 15.8 Å². The Morgan fingerprint density at radius 1 is 1.47 bits per heavy atom. The summed E-state index contributed by atoms with van der Waals surface area (Å²) in [5.41, 5.74) is 1.28. The summed E-state index contributed by atoms with van der Waals surface area (Å²) in [4.78, 5) is 21.4. The van der Waals surface area contributed by atoms with Gasteiger partial charge in [0, 0.05) is 30.7 Å². The summed E-state index contributed by atoms with van der Waals surface area (Å²) in [6.45, 7) is 4.52. The van der Waals surface area contributed by atoms with Crippen molar-refractivity contribution >= 4 is 28.5 Å². The van der Waals surface area contributed by atoms with Crippen LogP contribution in [-0.4, -0.2) is 35.6 Å². The van der Waals surface area contributed by atoms with E-state index in [1.54, 1.807) is 18.2 Å². The smallest absolute Gasteiger partial charge is 0.291 e. The van der Waals surface area contributed by atoms with Crippen LogP contribution in [0.4, 0.5) is 5.82 Å². The van der Waals surface area contributed by atoms with Crippen molar-refractivity contribution in [3.8, 4) is 0 Å². The summed E-state index contributed by atoms with van der Waals surface area (Å²) in [7, 11) is 0. The molecule has 2 aromatic rings. The molecule has 0 amide bonds. The minimum Gasteiger partial charge on any atom is -0.349 e. The molecule has 1 fully saturated rings. The van der Waals surface area contributed by atoms with E-state index in [1.165, 1.54) is 0 Å². The molecule has 1 unspecified atom stereocenters. The molecule has 6 heteroatoms. The third-order valence-electron chi connectivity index (χ3n) is 3.31. The lowest BCUT2D eigenvalue weighted by molar-refractivity contribution is 0.481. The van der Waals surface area contributed by atoms with Crippen LogP contribution in [0.3, 0.4) is 0 Å². The van der Waals surface area contributed by atoms with E-state index in [0.29, 0.717) is 27.9 Å². The van der Waals surface area contributed by atoms with E-state index >= 15 is 0 Å². The van der Waals surface area contributed by atoms with Gasteiger partial charge >= 0.3 is 0 Å². The van der Waals surface area contributed by atoms with Gasteiger partial charge in [0.25, 0.3) is 5.56 Å². The van der Waals surface area contributed by atoms with Crippen molar-refractivity contribution in [2.45, 2.75) is 13.0 Å². The second-order valence-electron chi connectivity index (χ2n) is 4.85. The average molecular weight is 279 g/mol. The highest BCUT2D eigenvalue weighted by atomic mass is 35.5. The number of H-pyrrole nitrogens is 1. The van der Waals surface area contributed by atoms with Crippen molar-refractivity contribution < 1.29 is 0 Å². The number of piperazine rings is 1. The molecule has 1 aliphatic heterocycles. The van der Waals surface area contributed by atoms with Crippen molar-refractivity contribution in [1.29, 1.82) is 0 Å². The van der Waals surface area contributed by atoms with Gasteiger partial charge in [0.15, 0.2) is 5.82 Å². The van der Waals surface area contributed by atoms with Gasteiger partial charge in [0.2, 0.25) is 0 Å². The van der Waals surface area contributed by atoms with Gasteiger partial charge in [-0.25, -0.2) is 4.98 Å². The molecule has 0 aliphatic carbocycles. The van der Waals surface area contributed by atoms with Gasteiger partial charge in [-0.15, -0.1) is 0 Å². The number of aromatic nitrogens is 2. The minimum absolute atomic E-state index is 0.149. The number of aromatic amines is 1. The monoisotopic (exact) mass is 278 g/mol. The topological polar surface area (TPSA) is 61.0 Å². The number of fused-ring (bicyclic) bond motifs is 1. The first kappa shape index (κ1) is 12.4. The molecule has 2 N–H and O–H groups in total. The standard InChI is InChI=1S/C13H15ClN4O/c1-8-7-18(5-4-15-8)12-13(19)17-10-3-2-9(14)6-11(10)16-12/h2-3,6,8,15H,4-5,7H2,1H3,(H,17,19). The largest absolute Gasteiger partial charge is 0.349 e. The molecular weight excluding hydrogens is 264 g/mol. The Labute approximate surface area is 115 Å². The minimum atomic E-state index is -0.149. The first-order chi connectivity index (χ1) is 9.13. The molecule has 2 heterocycles. The van der Waals surface area contributed by atoms with Crippen LogP contribution in [0, 0.1) is 0 Å². The fourth-order valence-electron chi connectivity index (χ4n) is 2.39. The van der Waals surface area contributed by atoms with E-state index in [4.69, 9.17) is 11.6 Å². The molecule has 1 aromatic heterocycles. The van der Waals surface area contributed by atoms with Gasteiger partial charge in [0.1, 0.15) is 0 Å². The predicted molar refractivity (Wildman–Crippen MR) is 77.1 cm³/mol. The van der Waals surface area contributed by atoms with Crippen molar-refractivity contribution in [1.82, 2.24) is 15.3 Å². The first-order valence-corrected chi connectivity index (χ1v) is 6.69. The lowest BCUT2D eigenvalue weighted by Crippen LogP contribution is -2.50. The van der Waals surface area contributed by atoms with E-state index < -0.39 is 0 Å². The molecule has 0 bridgehead atoms. The Morgan fingerprint density at radius 3 is 3.11 bits per heavy atom. The Kier molecular flexibility index (Phi) is 3.16. The van der Waals surface area contributed by atoms with Gasteiger partial charge in [-0.05, 0) is 25.1 Å². The van der Waals surface area contributed by atoms with Gasteiger partial charge in [-0.1, -0.05) is 11.6 Å². The van der Waals surface area contributed by atoms with E-state index in [0.717, 1.165) is 19.6 Å². The zero-order valence-corrected chi connectivity index (χ0v) is 11.4. The normalized spacial score (nSPS) is 19.9. The molecule has 100 valence electrons. The quantitative estimate of drug-likeness (QED) is 0.827. The maximum Gasteiger partial charge on any atom is 0.291 e. The van der Waals surface area contributed by atoms with Crippen molar-refractivity contribution in [3.63, 3.8) is 0 Å². The van der Waals surface area contributed by atoms with Crippen LogP contribution in [0.25, 0.3) is 11.0 Å². The Morgan fingerprint density at radius 2 is 2.32 bits per heavy atom. The molecule has 3 rings (SSSR count). The number of hydrogen-bond donors (Lipinski definition) is 2. The summed E-state index contributed by atoms with van der Waals surface area (Å²) >= 11 is 5.96. The summed E-state index contributed by atoms with van der Waals surface area (Å²) in [6.07, 6.45) is 0. The van der Waals surface area contributed by atoms with E-state index in [-0.39, 0.29) is 5.56 Å². The van der Waals surface area contributed by atoms with Crippen molar-refractivity contribution in [3.05, 3.63) is 33.6 Å². The number of nitrogens with one attached hydrogen (secondary N) is 2. The number of halogens is 1. The second kappa shape index (κ2) is 4.83. The van der Waals surface area contributed by atoms with Crippen LogP contribution in [0.1, 0.15) is 6.92 Å². The van der Waals surface area contributed by atoms with Crippen LogP contribution in [-0.2, 0) is 0 Å². The first-order valence-electron chi connectivity index (χ1n) is 6.31. The van der Waals surface area contributed by atoms with Crippen LogP contribution >= 0.6 is 11.6 Å². The lowest BCUT2D eigenvalue weighted by atomic mass is 10.2. The molecule has 1 aromatic carbocycles. The Balaban J connectivity index is 2.07. The third-order valence-corrected chi connectivity index (χ3v) is 3.54. The summed E-state index contributed by atoms with van der Waals surface area (Å²) in [5, 5.41) is 3.96. The van der Waals surface area contributed by atoms with Gasteiger partial charge in [0.05, 0.1) is 11.0 Å². The molecule has 1 saturated heterocycles. The molecule has 5 nitrogen and oxygen atoms in total. The number of hydrogen-bond acceptors (Lipinski definition) is 4. The summed E-state index contributed by atoms with van der Waals surface area (Å²) in [5.74, 6) is 0.475. The molecule has 0 spiro atoms. The number of rotatable bonds is 1. The zero-order chi connectivity index (χ0) is 13.4. The van der Waals surface area contributed by atoms with Crippen molar-refractivity contribution in [2.75, 3.05) is 24.5 Å². The van der Waals surface area contributed by atoms with E-state index in [9.17, 15) is 4.79 Å². The summed E-state index contributed by atoms with van der Waals surface area (Å²) < 4.78 is 0. The number of benzene rings is 1. The maximum absolute atomic E-state index is 12.1. The highest BCUT2D eigenvalue weighted by molar-refractivity contribution is 6.31. The van der Waals surface area contributed by atoms with E-state index in [2.05, 4.69) is 22.2 Å². The Hall–Kier alpha value is -1.59. The predicted octanol–water partition coefficient (Wildman–Crippen LogP) is 1.37. The third kappa shape index (κ3) is 2.43. The maximum atomic E-state index is 12.1. The van der Waals surface area contributed by atoms with Gasteiger partial charge in [-0.3, -0.25) is 4.79 Å². The SMILES string of the molecule is CC1CN(c2nc3cc(Cl)ccc3[nH]c2=O)CCN1. The fourth-order valence-corrected chi connectivity index (χ4v) is 2.55. The van der Waals surface area contributed by atoms with Crippen molar-refractivity contribution in [2.24, 2.45) is 0 Å².